The van der Waals surface area contributed by atoms with Crippen LogP contribution in [0.3, 0.4) is 0 Å². The molecule has 0 N–H and O–H groups in total. The Kier molecular flexibility index (Phi) is 3.94. The lowest BCUT2D eigenvalue weighted by molar-refractivity contribution is 0.307. The van der Waals surface area contributed by atoms with E-state index >= 15 is 0 Å². The summed E-state index contributed by atoms with van der Waals surface area (Å²) in [5, 5.41) is 1.05. The zero-order valence-electron chi connectivity index (χ0n) is 11.1. The van der Waals surface area contributed by atoms with Crippen LogP contribution in [-0.2, 0) is 17.7 Å². The summed E-state index contributed by atoms with van der Waals surface area (Å²) >= 11 is -2.21. The number of hydrogen-bond acceptors (Lipinski definition) is 4. The smallest absolute Gasteiger partial charge is 0.119 e. The second-order valence-electron chi connectivity index (χ2n) is 4.48. The van der Waals surface area contributed by atoms with E-state index in [0.29, 0.717) is 12.4 Å². The van der Waals surface area contributed by atoms with Crippen molar-refractivity contribution in [1.82, 2.24) is 4.98 Å². The number of para-hydroxylation sites is 1. The molecule has 2 aromatic carbocycles. The maximum atomic E-state index is 10.8. The maximum Gasteiger partial charge on any atom is 0.119 e. The van der Waals surface area contributed by atoms with E-state index < -0.39 is 11.1 Å². The molecule has 1 atom stereocenters. The van der Waals surface area contributed by atoms with E-state index in [0.717, 1.165) is 16.5 Å². The Labute approximate surface area is 124 Å². The summed E-state index contributed by atoms with van der Waals surface area (Å²) in [6.45, 7) is 0.406. The Hall–Kier alpha value is -2.24. The predicted octanol–water partition coefficient (Wildman–Crippen LogP) is 3.05. The molecule has 0 fully saturated rings. The standard InChI is InChI=1S/C16H13NO3S/c18-21(19)14-7-5-13(6-8-14)20-11-12-9-10-17-16-4-2-1-3-15(12)16/h1-10H,11H2,(H,18,19)/p-1. The molecular weight excluding hydrogens is 286 g/mol. The molecule has 0 aliphatic carbocycles. The highest BCUT2D eigenvalue weighted by Crippen LogP contribution is 2.19. The molecule has 21 heavy (non-hydrogen) atoms. The molecule has 0 radical (unpaired) electrons. The molecule has 3 aromatic rings. The van der Waals surface area contributed by atoms with Crippen molar-refractivity contribution in [3.05, 3.63) is 66.4 Å². The molecule has 4 nitrogen and oxygen atoms in total. The predicted molar refractivity (Wildman–Crippen MR) is 79.7 cm³/mol. The molecule has 3 rings (SSSR count). The summed E-state index contributed by atoms with van der Waals surface area (Å²) in [6.07, 6.45) is 1.75. The van der Waals surface area contributed by atoms with Gasteiger partial charge in [0.15, 0.2) is 0 Å². The third-order valence-electron chi connectivity index (χ3n) is 3.15. The third-order valence-corrected chi connectivity index (χ3v) is 3.81. The second-order valence-corrected chi connectivity index (χ2v) is 5.42. The fourth-order valence-corrected chi connectivity index (χ4v) is 2.45. The lowest BCUT2D eigenvalue weighted by Gasteiger charge is -2.10. The van der Waals surface area contributed by atoms with Crippen LogP contribution in [0.4, 0.5) is 0 Å². The average molecular weight is 298 g/mol. The molecule has 0 aliphatic heterocycles. The number of pyridine rings is 1. The minimum absolute atomic E-state index is 0.247. The fraction of sp³-hybridized carbons (Fsp3) is 0.0625. The maximum absolute atomic E-state index is 10.8. The van der Waals surface area contributed by atoms with Crippen LogP contribution in [0.15, 0.2) is 65.7 Å². The number of nitrogens with zero attached hydrogens (tertiary/aromatic N) is 1. The molecule has 1 heterocycles. The molecule has 106 valence electrons. The minimum atomic E-state index is -2.21. The van der Waals surface area contributed by atoms with E-state index in [-0.39, 0.29) is 4.90 Å². The fourth-order valence-electron chi connectivity index (χ4n) is 2.09. The van der Waals surface area contributed by atoms with Gasteiger partial charge in [-0.15, -0.1) is 0 Å². The van der Waals surface area contributed by atoms with Crippen molar-refractivity contribution >= 4 is 22.0 Å². The van der Waals surface area contributed by atoms with Crippen molar-refractivity contribution in [2.75, 3.05) is 0 Å². The molecule has 1 unspecified atom stereocenters. The first-order valence-electron chi connectivity index (χ1n) is 6.39. The molecular formula is C16H12NO3S-. The highest BCUT2D eigenvalue weighted by atomic mass is 32.2. The van der Waals surface area contributed by atoms with Gasteiger partial charge in [-0.05, 0) is 47.5 Å². The number of aromatic nitrogens is 1. The van der Waals surface area contributed by atoms with Crippen LogP contribution in [0, 0.1) is 0 Å². The van der Waals surface area contributed by atoms with E-state index in [1.54, 1.807) is 18.3 Å². The summed E-state index contributed by atoms with van der Waals surface area (Å²) in [4.78, 5) is 4.55. The summed E-state index contributed by atoms with van der Waals surface area (Å²) in [5.74, 6) is 0.630. The lowest BCUT2D eigenvalue weighted by atomic mass is 10.1. The monoisotopic (exact) mass is 298 g/mol. The van der Waals surface area contributed by atoms with Gasteiger partial charge in [0.05, 0.1) is 5.52 Å². The van der Waals surface area contributed by atoms with Gasteiger partial charge in [-0.1, -0.05) is 18.2 Å². The first-order chi connectivity index (χ1) is 10.2. The topological polar surface area (TPSA) is 62.2 Å². The number of benzene rings is 2. The van der Waals surface area contributed by atoms with Crippen molar-refractivity contribution in [3.63, 3.8) is 0 Å². The van der Waals surface area contributed by atoms with Gasteiger partial charge in [0.1, 0.15) is 12.4 Å². The number of rotatable bonds is 4. The van der Waals surface area contributed by atoms with Gasteiger partial charge in [0.2, 0.25) is 0 Å². The van der Waals surface area contributed by atoms with E-state index in [2.05, 4.69) is 4.98 Å². The van der Waals surface area contributed by atoms with E-state index in [1.165, 1.54) is 12.1 Å². The zero-order chi connectivity index (χ0) is 14.7. The zero-order valence-corrected chi connectivity index (χ0v) is 11.9. The highest BCUT2D eigenvalue weighted by Gasteiger charge is 2.02. The number of ether oxygens (including phenoxy) is 1. The third kappa shape index (κ3) is 3.09. The first-order valence-corrected chi connectivity index (χ1v) is 7.46. The van der Waals surface area contributed by atoms with Gasteiger partial charge in [-0.2, -0.15) is 0 Å². The summed E-state index contributed by atoms with van der Waals surface area (Å²) < 4.78 is 27.3. The van der Waals surface area contributed by atoms with Crippen molar-refractivity contribution in [2.45, 2.75) is 11.5 Å². The van der Waals surface area contributed by atoms with Crippen LogP contribution >= 0.6 is 0 Å². The van der Waals surface area contributed by atoms with Crippen LogP contribution in [0.25, 0.3) is 10.9 Å². The van der Waals surface area contributed by atoms with Crippen LogP contribution < -0.4 is 4.74 Å². The Morgan fingerprint density at radius 3 is 2.57 bits per heavy atom. The molecule has 0 spiro atoms. The van der Waals surface area contributed by atoms with Crippen molar-refractivity contribution < 1.29 is 13.5 Å². The molecule has 0 saturated carbocycles. The first kappa shape index (κ1) is 13.7. The minimum Gasteiger partial charge on any atom is -0.768 e. The van der Waals surface area contributed by atoms with Crippen molar-refractivity contribution in [2.24, 2.45) is 0 Å². The summed E-state index contributed by atoms with van der Waals surface area (Å²) in [5.41, 5.74) is 1.97. The lowest BCUT2D eigenvalue weighted by Crippen LogP contribution is -1.97. The van der Waals surface area contributed by atoms with Crippen LogP contribution in [-0.4, -0.2) is 13.7 Å². The molecule has 0 bridgehead atoms. The molecule has 5 heteroatoms. The van der Waals surface area contributed by atoms with E-state index in [1.807, 2.05) is 30.3 Å². The average Bonchev–Trinajstić information content (AvgIpc) is 2.53. The molecule has 1 aromatic heterocycles. The van der Waals surface area contributed by atoms with Gasteiger partial charge >= 0.3 is 0 Å². The van der Waals surface area contributed by atoms with Crippen molar-refractivity contribution in [3.8, 4) is 5.75 Å². The highest BCUT2D eigenvalue weighted by molar-refractivity contribution is 7.79. The van der Waals surface area contributed by atoms with Crippen LogP contribution in [0.5, 0.6) is 5.75 Å². The van der Waals surface area contributed by atoms with Gasteiger partial charge in [-0.25, -0.2) is 0 Å². The summed E-state index contributed by atoms with van der Waals surface area (Å²) in [6, 6.07) is 16.1. The second kappa shape index (κ2) is 6.03. The largest absolute Gasteiger partial charge is 0.768 e. The van der Waals surface area contributed by atoms with Crippen LogP contribution in [0.2, 0.25) is 0 Å². The molecule has 0 amide bonds. The van der Waals surface area contributed by atoms with Gasteiger partial charge < -0.3 is 9.29 Å². The SMILES string of the molecule is O=S([O-])c1ccc(OCc2ccnc3ccccc23)cc1. The van der Waals surface area contributed by atoms with Gasteiger partial charge in [-0.3, -0.25) is 9.19 Å². The number of fused-ring (bicyclic) bond motifs is 1. The van der Waals surface area contributed by atoms with Crippen LogP contribution in [0.1, 0.15) is 5.56 Å². The van der Waals surface area contributed by atoms with Gasteiger partial charge in [0.25, 0.3) is 0 Å². The Morgan fingerprint density at radius 2 is 1.81 bits per heavy atom. The number of hydrogen-bond donors (Lipinski definition) is 0. The van der Waals surface area contributed by atoms with Crippen molar-refractivity contribution in [1.29, 1.82) is 0 Å². The normalized spacial score (nSPS) is 12.2. The Morgan fingerprint density at radius 1 is 1.05 bits per heavy atom. The Balaban J connectivity index is 1.79. The van der Waals surface area contributed by atoms with E-state index in [4.69, 9.17) is 4.74 Å². The van der Waals surface area contributed by atoms with Gasteiger partial charge in [0, 0.05) is 22.0 Å². The molecule has 0 saturated heterocycles. The van der Waals surface area contributed by atoms with E-state index in [9.17, 15) is 8.76 Å². The quantitative estimate of drug-likeness (QED) is 0.694. The summed E-state index contributed by atoms with van der Waals surface area (Å²) in [7, 11) is 0. The Bertz CT molecular complexity index is 782. The molecule has 0 aliphatic rings.